The molecule has 2 amide bonds. The Morgan fingerprint density at radius 1 is 1.24 bits per heavy atom. The molecule has 3 rings (SSSR count). The lowest BCUT2D eigenvalue weighted by Gasteiger charge is -2.27. The van der Waals surface area contributed by atoms with Crippen molar-refractivity contribution in [3.8, 4) is 11.5 Å². The maximum absolute atomic E-state index is 12.4. The number of nitrogens with zero attached hydrogens (tertiary/aromatic N) is 1. The zero-order chi connectivity index (χ0) is 18.0. The van der Waals surface area contributed by atoms with Crippen LogP contribution in [-0.2, 0) is 9.53 Å². The number of hydrogen-bond donors (Lipinski definition) is 1. The van der Waals surface area contributed by atoms with Gasteiger partial charge < -0.3 is 24.4 Å². The van der Waals surface area contributed by atoms with Crippen molar-refractivity contribution in [2.75, 3.05) is 19.7 Å². The van der Waals surface area contributed by atoms with Crippen molar-refractivity contribution in [3.05, 3.63) is 24.3 Å². The van der Waals surface area contributed by atoms with Gasteiger partial charge in [0.25, 0.3) is 5.91 Å². The second kappa shape index (κ2) is 6.82. The summed E-state index contributed by atoms with van der Waals surface area (Å²) in [7, 11) is 0. The van der Waals surface area contributed by atoms with Crippen molar-refractivity contribution in [2.24, 2.45) is 0 Å². The lowest BCUT2D eigenvalue weighted by atomic mass is 10.2. The van der Waals surface area contributed by atoms with Crippen molar-refractivity contribution in [2.45, 2.75) is 44.9 Å². The highest BCUT2D eigenvalue weighted by Crippen LogP contribution is 2.31. The van der Waals surface area contributed by atoms with Crippen LogP contribution in [0, 0.1) is 0 Å². The quantitative estimate of drug-likeness (QED) is 0.884. The predicted molar refractivity (Wildman–Crippen MR) is 90.7 cm³/mol. The fourth-order valence-corrected chi connectivity index (χ4v) is 2.81. The molecule has 0 bridgehead atoms. The Hall–Kier alpha value is -2.44. The molecule has 0 spiro atoms. The maximum Gasteiger partial charge on any atom is 0.410 e. The number of rotatable bonds is 2. The summed E-state index contributed by atoms with van der Waals surface area (Å²) in [5.74, 6) is 0.977. The number of para-hydroxylation sites is 2. The Balaban J connectivity index is 1.50. The third-order valence-electron chi connectivity index (χ3n) is 3.99. The fourth-order valence-electron chi connectivity index (χ4n) is 2.81. The van der Waals surface area contributed by atoms with Crippen molar-refractivity contribution < 1.29 is 23.8 Å². The van der Waals surface area contributed by atoms with Gasteiger partial charge in [-0.3, -0.25) is 4.79 Å². The Labute approximate surface area is 147 Å². The predicted octanol–water partition coefficient (Wildman–Crippen LogP) is 1.95. The molecule has 2 aliphatic rings. The Morgan fingerprint density at radius 3 is 2.68 bits per heavy atom. The summed E-state index contributed by atoms with van der Waals surface area (Å²) in [5.41, 5.74) is -0.529. The average molecular weight is 348 g/mol. The molecule has 2 atom stereocenters. The lowest BCUT2D eigenvalue weighted by Crippen LogP contribution is -2.48. The fraction of sp³-hybridized carbons (Fsp3) is 0.556. The molecule has 1 unspecified atom stereocenters. The molecule has 25 heavy (non-hydrogen) atoms. The first-order valence-electron chi connectivity index (χ1n) is 8.48. The molecule has 0 aliphatic carbocycles. The maximum atomic E-state index is 12.4. The standard InChI is InChI=1S/C18H24N2O5/c1-18(2,3)25-17(22)20-9-8-12(10-20)19-16(21)15-11-23-13-6-4-5-7-14(13)24-15/h4-7,12,15H,8-11H2,1-3H3,(H,19,21)/t12-,15?/m0/s1. The molecule has 7 nitrogen and oxygen atoms in total. The zero-order valence-electron chi connectivity index (χ0n) is 14.8. The Morgan fingerprint density at radius 2 is 1.96 bits per heavy atom. The summed E-state index contributed by atoms with van der Waals surface area (Å²) in [6.07, 6.45) is -0.351. The molecule has 1 aromatic rings. The van der Waals surface area contributed by atoms with E-state index in [2.05, 4.69) is 5.32 Å². The van der Waals surface area contributed by atoms with Gasteiger partial charge in [-0.15, -0.1) is 0 Å². The smallest absolute Gasteiger partial charge is 0.410 e. The first-order valence-corrected chi connectivity index (χ1v) is 8.48. The van der Waals surface area contributed by atoms with E-state index in [1.165, 1.54) is 0 Å². The van der Waals surface area contributed by atoms with Crippen LogP contribution in [0.4, 0.5) is 4.79 Å². The number of ether oxygens (including phenoxy) is 3. The molecule has 1 N–H and O–H groups in total. The van der Waals surface area contributed by atoms with E-state index in [9.17, 15) is 9.59 Å². The first-order chi connectivity index (χ1) is 11.8. The highest BCUT2D eigenvalue weighted by molar-refractivity contribution is 5.82. The summed E-state index contributed by atoms with van der Waals surface area (Å²) in [4.78, 5) is 26.1. The molecule has 2 heterocycles. The largest absolute Gasteiger partial charge is 0.485 e. The van der Waals surface area contributed by atoms with Gasteiger partial charge in [0.05, 0.1) is 0 Å². The summed E-state index contributed by atoms with van der Waals surface area (Å²) >= 11 is 0. The monoisotopic (exact) mass is 348 g/mol. The van der Waals surface area contributed by atoms with Crippen LogP contribution >= 0.6 is 0 Å². The minimum Gasteiger partial charge on any atom is -0.485 e. The molecule has 0 aromatic heterocycles. The lowest BCUT2D eigenvalue weighted by molar-refractivity contribution is -0.131. The number of carbonyl (C=O) groups is 2. The minimum absolute atomic E-state index is 0.110. The van der Waals surface area contributed by atoms with Crippen LogP contribution in [-0.4, -0.2) is 54.3 Å². The van der Waals surface area contributed by atoms with Crippen LogP contribution in [0.15, 0.2) is 24.3 Å². The molecule has 0 radical (unpaired) electrons. The van der Waals surface area contributed by atoms with Gasteiger partial charge in [-0.2, -0.15) is 0 Å². The number of nitrogens with one attached hydrogen (secondary N) is 1. The third kappa shape index (κ3) is 4.35. The van der Waals surface area contributed by atoms with Crippen LogP contribution in [0.5, 0.6) is 11.5 Å². The van der Waals surface area contributed by atoms with E-state index >= 15 is 0 Å². The van der Waals surface area contributed by atoms with Gasteiger partial charge in [0.1, 0.15) is 12.2 Å². The number of hydrogen-bond acceptors (Lipinski definition) is 5. The van der Waals surface area contributed by atoms with Gasteiger partial charge in [0, 0.05) is 19.1 Å². The zero-order valence-corrected chi connectivity index (χ0v) is 14.8. The number of benzene rings is 1. The van der Waals surface area contributed by atoms with Gasteiger partial charge in [-0.1, -0.05) is 12.1 Å². The van der Waals surface area contributed by atoms with Crippen LogP contribution in [0.1, 0.15) is 27.2 Å². The first kappa shape index (κ1) is 17.4. The van der Waals surface area contributed by atoms with E-state index in [0.29, 0.717) is 31.0 Å². The van der Waals surface area contributed by atoms with Gasteiger partial charge in [-0.05, 0) is 39.3 Å². The summed E-state index contributed by atoms with van der Waals surface area (Å²) in [5, 5.41) is 2.93. The highest BCUT2D eigenvalue weighted by Gasteiger charge is 2.33. The summed E-state index contributed by atoms with van der Waals surface area (Å²) < 4.78 is 16.6. The van der Waals surface area contributed by atoms with Gasteiger partial charge in [0.2, 0.25) is 6.10 Å². The summed E-state index contributed by atoms with van der Waals surface area (Å²) in [6.45, 7) is 6.66. The molecular formula is C18H24N2O5. The van der Waals surface area contributed by atoms with Crippen molar-refractivity contribution in [1.82, 2.24) is 10.2 Å². The number of amides is 2. The molecule has 136 valence electrons. The van der Waals surface area contributed by atoms with Crippen molar-refractivity contribution in [1.29, 1.82) is 0 Å². The minimum atomic E-state index is -0.689. The van der Waals surface area contributed by atoms with E-state index < -0.39 is 11.7 Å². The van der Waals surface area contributed by atoms with E-state index in [1.54, 1.807) is 17.0 Å². The molecule has 2 aliphatic heterocycles. The average Bonchev–Trinajstić information content (AvgIpc) is 3.01. The van der Waals surface area contributed by atoms with E-state index in [0.717, 1.165) is 0 Å². The number of fused-ring (bicyclic) bond motifs is 1. The molecule has 7 heteroatoms. The van der Waals surface area contributed by atoms with Gasteiger partial charge in [0.15, 0.2) is 11.5 Å². The van der Waals surface area contributed by atoms with E-state index in [1.807, 2.05) is 32.9 Å². The van der Waals surface area contributed by atoms with Crippen LogP contribution in [0.2, 0.25) is 0 Å². The van der Waals surface area contributed by atoms with E-state index in [4.69, 9.17) is 14.2 Å². The molecule has 0 saturated carbocycles. The van der Waals surface area contributed by atoms with Gasteiger partial charge in [-0.25, -0.2) is 4.79 Å². The second-order valence-corrected chi connectivity index (χ2v) is 7.28. The highest BCUT2D eigenvalue weighted by atomic mass is 16.6. The van der Waals surface area contributed by atoms with Crippen LogP contribution in [0.3, 0.4) is 0 Å². The van der Waals surface area contributed by atoms with Crippen molar-refractivity contribution in [3.63, 3.8) is 0 Å². The van der Waals surface area contributed by atoms with Crippen LogP contribution in [0.25, 0.3) is 0 Å². The number of likely N-dealkylation sites (tertiary alicyclic amines) is 1. The normalized spacial score (nSPS) is 22.4. The van der Waals surface area contributed by atoms with E-state index in [-0.39, 0.29) is 24.6 Å². The Bertz CT molecular complexity index is 655. The van der Waals surface area contributed by atoms with Gasteiger partial charge >= 0.3 is 6.09 Å². The topological polar surface area (TPSA) is 77.1 Å². The molecule has 1 fully saturated rings. The summed E-state index contributed by atoms with van der Waals surface area (Å²) in [6, 6.07) is 7.15. The van der Waals surface area contributed by atoms with Crippen molar-refractivity contribution >= 4 is 12.0 Å². The SMILES string of the molecule is CC(C)(C)OC(=O)N1CC[C@H](NC(=O)C2COc3ccccc3O2)C1. The third-order valence-corrected chi connectivity index (χ3v) is 3.99. The molecule has 1 aromatic carbocycles. The Kier molecular flexibility index (Phi) is 4.74. The number of carbonyl (C=O) groups excluding carboxylic acids is 2. The molecule has 1 saturated heterocycles. The van der Waals surface area contributed by atoms with Crippen LogP contribution < -0.4 is 14.8 Å². The second-order valence-electron chi connectivity index (χ2n) is 7.28. The molecular weight excluding hydrogens is 324 g/mol.